The van der Waals surface area contributed by atoms with Crippen LogP contribution >= 0.6 is 11.6 Å². The lowest BCUT2D eigenvalue weighted by atomic mass is 9.90. The van der Waals surface area contributed by atoms with Crippen molar-refractivity contribution < 1.29 is 50.1 Å². The SMILES string of the molecule is CS(=O)(=O)c1cc(OCCCN(Cc2cccc(C(F)(F)F)c2Cl)CC(c2ccccc2)c2ccccc2)cc(F)c1COC(=O)CCC(=O)O. The Morgan fingerprint density at radius 1 is 0.922 bits per heavy atom. The van der Waals surface area contributed by atoms with Crippen LogP contribution in [0.2, 0.25) is 5.02 Å². The summed E-state index contributed by atoms with van der Waals surface area (Å²) < 4.78 is 92.0. The second-order valence-electron chi connectivity index (χ2n) is 11.8. The van der Waals surface area contributed by atoms with Gasteiger partial charge in [0.1, 0.15) is 18.2 Å². The quantitative estimate of drug-likeness (QED) is 0.0659. The molecule has 0 unspecified atom stereocenters. The van der Waals surface area contributed by atoms with Gasteiger partial charge in [0.25, 0.3) is 0 Å². The van der Waals surface area contributed by atoms with Gasteiger partial charge in [-0.25, -0.2) is 12.8 Å². The van der Waals surface area contributed by atoms with Gasteiger partial charge in [-0.3, -0.25) is 14.5 Å². The molecule has 0 fully saturated rings. The number of alkyl halides is 3. The smallest absolute Gasteiger partial charge is 0.417 e. The fourth-order valence-corrected chi connectivity index (χ4v) is 6.71. The maximum Gasteiger partial charge on any atom is 0.417 e. The number of aliphatic carboxylic acids is 1. The zero-order valence-electron chi connectivity index (χ0n) is 27.5. The Labute approximate surface area is 298 Å². The zero-order valence-corrected chi connectivity index (χ0v) is 29.1. The minimum absolute atomic E-state index is 0.0136. The number of ether oxygens (including phenoxy) is 2. The molecule has 0 amide bonds. The second kappa shape index (κ2) is 17.7. The van der Waals surface area contributed by atoms with Crippen LogP contribution in [0.5, 0.6) is 5.75 Å². The molecule has 1 N–H and O–H groups in total. The van der Waals surface area contributed by atoms with E-state index in [2.05, 4.69) is 0 Å². The van der Waals surface area contributed by atoms with Crippen LogP contribution in [0.1, 0.15) is 53.0 Å². The minimum atomic E-state index is -4.64. The number of rotatable bonds is 17. The van der Waals surface area contributed by atoms with Gasteiger partial charge in [0.15, 0.2) is 9.84 Å². The molecule has 8 nitrogen and oxygen atoms in total. The molecule has 0 aromatic heterocycles. The van der Waals surface area contributed by atoms with Gasteiger partial charge in [-0.15, -0.1) is 0 Å². The molecule has 51 heavy (non-hydrogen) atoms. The summed E-state index contributed by atoms with van der Waals surface area (Å²) in [6.07, 6.45) is -4.45. The third kappa shape index (κ3) is 11.5. The van der Waals surface area contributed by atoms with Crippen molar-refractivity contribution in [2.45, 2.75) is 49.4 Å². The highest BCUT2D eigenvalue weighted by Crippen LogP contribution is 2.37. The van der Waals surface area contributed by atoms with E-state index in [9.17, 15) is 31.2 Å². The van der Waals surface area contributed by atoms with Crippen molar-refractivity contribution in [1.29, 1.82) is 0 Å². The number of carbonyl (C=O) groups excluding carboxylic acids is 1. The average Bonchev–Trinajstić information content (AvgIpc) is 3.07. The highest BCUT2D eigenvalue weighted by Gasteiger charge is 2.34. The molecule has 4 aromatic carbocycles. The first kappa shape index (κ1) is 39.3. The number of carboxylic acids is 1. The van der Waals surface area contributed by atoms with Gasteiger partial charge in [0.05, 0.1) is 34.9 Å². The van der Waals surface area contributed by atoms with Crippen molar-refractivity contribution in [1.82, 2.24) is 4.90 Å². The molecule has 0 saturated carbocycles. The van der Waals surface area contributed by atoms with Crippen LogP contribution in [0.15, 0.2) is 95.9 Å². The molecule has 0 spiro atoms. The first-order valence-electron chi connectivity index (χ1n) is 15.8. The lowest BCUT2D eigenvalue weighted by Crippen LogP contribution is -2.31. The Kier molecular flexibility index (Phi) is 13.6. The highest BCUT2D eigenvalue weighted by molar-refractivity contribution is 7.90. The molecule has 0 saturated heterocycles. The van der Waals surface area contributed by atoms with Crippen LogP contribution in [-0.2, 0) is 43.5 Å². The lowest BCUT2D eigenvalue weighted by Gasteiger charge is -2.29. The van der Waals surface area contributed by atoms with Crippen molar-refractivity contribution in [2.75, 3.05) is 26.0 Å². The van der Waals surface area contributed by atoms with Gasteiger partial charge >= 0.3 is 18.1 Å². The summed E-state index contributed by atoms with van der Waals surface area (Å²) in [5.74, 6) is -3.43. The maximum absolute atomic E-state index is 15.2. The molecule has 272 valence electrons. The molecular weight excluding hydrogens is 714 g/mol. The van der Waals surface area contributed by atoms with E-state index in [1.54, 1.807) is 6.07 Å². The Morgan fingerprint density at radius 3 is 2.12 bits per heavy atom. The Bertz CT molecular complexity index is 1870. The number of sulfone groups is 1. The Hall–Kier alpha value is -4.46. The molecule has 0 aliphatic carbocycles. The first-order chi connectivity index (χ1) is 24.1. The molecule has 0 radical (unpaired) electrons. The predicted octanol–water partition coefficient (Wildman–Crippen LogP) is 7.91. The van der Waals surface area contributed by atoms with Crippen molar-refractivity contribution >= 4 is 33.4 Å². The van der Waals surface area contributed by atoms with Crippen LogP contribution in [0, 0.1) is 5.82 Å². The number of hydrogen-bond acceptors (Lipinski definition) is 7. The van der Waals surface area contributed by atoms with Crippen LogP contribution < -0.4 is 4.74 Å². The summed E-state index contributed by atoms with van der Waals surface area (Å²) in [6.45, 7) is 0.0396. The standard InChI is InChI=1S/C37H36ClF4NO7S/c1-51(47,48)33-21-28(20-32(39)30(33)24-50-35(46)17-16-34(44)45)49-19-9-18-43(22-27-14-8-15-31(36(27)38)37(40,41)42)23-29(25-10-4-2-5-11-25)26-12-6-3-7-13-26/h2-8,10-15,20-21,29H,9,16-19,22-24H2,1H3,(H,44,45). The van der Waals surface area contributed by atoms with Gasteiger partial charge in [0, 0.05) is 43.4 Å². The van der Waals surface area contributed by atoms with Gasteiger partial charge in [0.2, 0.25) is 0 Å². The largest absolute Gasteiger partial charge is 0.493 e. The van der Waals surface area contributed by atoms with Crippen LogP contribution in [0.25, 0.3) is 0 Å². The molecule has 4 rings (SSSR count). The second-order valence-corrected chi connectivity index (χ2v) is 14.2. The molecule has 0 heterocycles. The third-order valence-electron chi connectivity index (χ3n) is 7.96. The van der Waals surface area contributed by atoms with E-state index in [1.165, 1.54) is 6.07 Å². The van der Waals surface area contributed by atoms with Gasteiger partial charge < -0.3 is 14.6 Å². The van der Waals surface area contributed by atoms with E-state index < -0.39 is 74.3 Å². The number of halogens is 5. The van der Waals surface area contributed by atoms with Crippen LogP contribution in [0.4, 0.5) is 17.6 Å². The number of nitrogens with zero attached hydrogens (tertiary/aromatic N) is 1. The van der Waals surface area contributed by atoms with Gasteiger partial charge in [-0.2, -0.15) is 13.2 Å². The summed E-state index contributed by atoms with van der Waals surface area (Å²) in [5.41, 5.74) is 0.930. The summed E-state index contributed by atoms with van der Waals surface area (Å²) in [4.78, 5) is 24.1. The number of carboxylic acid groups (broad SMARTS) is 1. The summed E-state index contributed by atoms with van der Waals surface area (Å²) in [5, 5.41) is 8.34. The number of hydrogen-bond donors (Lipinski definition) is 1. The van der Waals surface area contributed by atoms with E-state index in [1.807, 2.05) is 65.6 Å². The van der Waals surface area contributed by atoms with Crippen molar-refractivity contribution in [3.8, 4) is 5.75 Å². The molecule has 14 heteroatoms. The summed E-state index contributed by atoms with van der Waals surface area (Å²) >= 11 is 6.29. The number of esters is 1. The molecule has 0 atom stereocenters. The van der Waals surface area contributed by atoms with E-state index in [4.69, 9.17) is 26.2 Å². The number of carbonyl (C=O) groups is 2. The molecule has 4 aromatic rings. The summed E-state index contributed by atoms with van der Waals surface area (Å²) in [6, 6.07) is 25.2. The van der Waals surface area contributed by atoms with Gasteiger partial charge in [-0.05, 0) is 35.2 Å². The number of benzene rings is 4. The minimum Gasteiger partial charge on any atom is -0.493 e. The highest BCUT2D eigenvalue weighted by atomic mass is 35.5. The lowest BCUT2D eigenvalue weighted by molar-refractivity contribution is -0.148. The van der Waals surface area contributed by atoms with E-state index >= 15 is 4.39 Å². The van der Waals surface area contributed by atoms with Crippen LogP contribution in [0.3, 0.4) is 0 Å². The fourth-order valence-electron chi connectivity index (χ4n) is 5.48. The van der Waals surface area contributed by atoms with E-state index in [0.717, 1.165) is 35.6 Å². The third-order valence-corrected chi connectivity index (χ3v) is 9.57. The zero-order chi connectivity index (χ0) is 37.2. The van der Waals surface area contributed by atoms with Crippen molar-refractivity contribution in [3.63, 3.8) is 0 Å². The summed E-state index contributed by atoms with van der Waals surface area (Å²) in [7, 11) is -4.02. The van der Waals surface area contributed by atoms with Gasteiger partial charge in [-0.1, -0.05) is 84.4 Å². The first-order valence-corrected chi connectivity index (χ1v) is 18.1. The monoisotopic (exact) mass is 749 g/mol. The van der Waals surface area contributed by atoms with Crippen molar-refractivity contribution in [2.24, 2.45) is 0 Å². The van der Waals surface area contributed by atoms with Crippen LogP contribution in [-0.4, -0.2) is 56.3 Å². The molecular formula is C37H36ClF4NO7S. The predicted molar refractivity (Wildman–Crippen MR) is 183 cm³/mol. The topological polar surface area (TPSA) is 110 Å². The average molecular weight is 750 g/mol. The van der Waals surface area contributed by atoms with E-state index in [0.29, 0.717) is 19.5 Å². The Morgan fingerprint density at radius 2 is 1.55 bits per heavy atom. The molecule has 0 bridgehead atoms. The van der Waals surface area contributed by atoms with E-state index in [-0.39, 0.29) is 30.4 Å². The Balaban J connectivity index is 1.54. The maximum atomic E-state index is 15.2. The normalized spacial score (nSPS) is 11.9. The molecule has 0 aliphatic rings. The molecule has 0 aliphatic heterocycles. The fraction of sp³-hybridized carbons (Fsp3) is 0.297. The van der Waals surface area contributed by atoms with Crippen molar-refractivity contribution in [3.05, 3.63) is 130 Å².